The average molecular weight is 357 g/mol. The molecule has 6 heteroatoms. The zero-order chi connectivity index (χ0) is 17.8. The fourth-order valence-electron chi connectivity index (χ4n) is 3.28. The number of nitrogens with zero attached hydrogens (tertiary/aromatic N) is 1. The largest absolute Gasteiger partial charge is 0.365 e. The third-order valence-corrected chi connectivity index (χ3v) is 5.59. The second-order valence-corrected chi connectivity index (χ2v) is 7.59. The first-order valence-corrected chi connectivity index (χ1v) is 9.33. The highest BCUT2D eigenvalue weighted by Crippen LogP contribution is 2.37. The second-order valence-electron chi connectivity index (χ2n) is 6.49. The Morgan fingerprint density at radius 1 is 1.20 bits per heavy atom. The van der Waals surface area contributed by atoms with E-state index in [1.54, 1.807) is 0 Å². The van der Waals surface area contributed by atoms with Gasteiger partial charge in [-0.25, -0.2) is 0 Å². The zero-order valence-corrected chi connectivity index (χ0v) is 15.2. The van der Waals surface area contributed by atoms with Crippen molar-refractivity contribution in [2.24, 2.45) is 5.73 Å². The first kappa shape index (κ1) is 17.6. The average Bonchev–Trinajstić information content (AvgIpc) is 2.93. The van der Waals surface area contributed by atoms with E-state index < -0.39 is 5.91 Å². The number of amides is 2. The smallest absolute Gasteiger partial charge is 0.251 e. The van der Waals surface area contributed by atoms with Gasteiger partial charge in [-0.1, -0.05) is 30.3 Å². The summed E-state index contributed by atoms with van der Waals surface area (Å²) >= 11 is 1.50. The SMILES string of the molecule is CN(CC(=O)Nc1sc2c(c1C(N)=O)CCCC2)Cc1ccccc1. The molecule has 2 amide bonds. The van der Waals surface area contributed by atoms with Gasteiger partial charge in [0.2, 0.25) is 5.91 Å². The molecule has 0 atom stereocenters. The van der Waals surface area contributed by atoms with E-state index in [0.29, 0.717) is 17.1 Å². The lowest BCUT2D eigenvalue weighted by atomic mass is 9.95. The van der Waals surface area contributed by atoms with Crippen molar-refractivity contribution in [1.29, 1.82) is 0 Å². The van der Waals surface area contributed by atoms with Crippen molar-refractivity contribution in [2.75, 3.05) is 18.9 Å². The van der Waals surface area contributed by atoms with Gasteiger partial charge in [-0.2, -0.15) is 0 Å². The molecule has 0 saturated carbocycles. The standard InChI is InChI=1S/C19H23N3O2S/c1-22(11-13-7-3-2-4-8-13)12-16(23)21-19-17(18(20)24)14-9-5-6-10-15(14)25-19/h2-4,7-8H,5-6,9-12H2,1H3,(H2,20,24)(H,21,23). The molecule has 5 nitrogen and oxygen atoms in total. The molecular weight excluding hydrogens is 334 g/mol. The first-order chi connectivity index (χ1) is 12.0. The number of thiophene rings is 1. The van der Waals surface area contributed by atoms with E-state index in [4.69, 9.17) is 5.73 Å². The third-order valence-electron chi connectivity index (χ3n) is 4.38. The molecule has 0 bridgehead atoms. The van der Waals surface area contributed by atoms with Crippen molar-refractivity contribution in [2.45, 2.75) is 32.2 Å². The molecular formula is C19H23N3O2S. The van der Waals surface area contributed by atoms with Crippen LogP contribution in [0.15, 0.2) is 30.3 Å². The van der Waals surface area contributed by atoms with Crippen LogP contribution < -0.4 is 11.1 Å². The topological polar surface area (TPSA) is 75.4 Å². The number of carbonyl (C=O) groups is 2. The number of anilines is 1. The summed E-state index contributed by atoms with van der Waals surface area (Å²) in [6, 6.07) is 10.0. The predicted octanol–water partition coefficient (Wildman–Crippen LogP) is 2.80. The third kappa shape index (κ3) is 4.27. The molecule has 0 spiro atoms. The van der Waals surface area contributed by atoms with Gasteiger partial charge in [0.1, 0.15) is 5.00 Å². The zero-order valence-electron chi connectivity index (χ0n) is 14.4. The van der Waals surface area contributed by atoms with E-state index in [-0.39, 0.29) is 12.5 Å². The highest BCUT2D eigenvalue weighted by Gasteiger charge is 2.25. The molecule has 1 aromatic heterocycles. The summed E-state index contributed by atoms with van der Waals surface area (Å²) in [4.78, 5) is 27.4. The lowest BCUT2D eigenvalue weighted by Gasteiger charge is -2.16. The van der Waals surface area contributed by atoms with E-state index in [1.165, 1.54) is 16.2 Å². The molecule has 0 saturated heterocycles. The maximum Gasteiger partial charge on any atom is 0.251 e. The number of aryl methyl sites for hydroxylation is 1. The minimum absolute atomic E-state index is 0.125. The van der Waals surface area contributed by atoms with Crippen LogP contribution in [0, 0.1) is 0 Å². The van der Waals surface area contributed by atoms with Crippen LogP contribution >= 0.6 is 11.3 Å². The molecule has 3 rings (SSSR count). The van der Waals surface area contributed by atoms with Gasteiger partial charge in [0.25, 0.3) is 5.91 Å². The highest BCUT2D eigenvalue weighted by atomic mass is 32.1. The second kappa shape index (κ2) is 7.80. The van der Waals surface area contributed by atoms with Crippen LogP contribution in [0.3, 0.4) is 0 Å². The number of likely N-dealkylation sites (N-methyl/N-ethyl adjacent to an activating group) is 1. The number of carbonyl (C=O) groups excluding carboxylic acids is 2. The number of nitrogens with one attached hydrogen (secondary N) is 1. The van der Waals surface area contributed by atoms with Gasteiger partial charge in [0.15, 0.2) is 0 Å². The molecule has 0 fully saturated rings. The van der Waals surface area contributed by atoms with Crippen LogP contribution in [0.5, 0.6) is 0 Å². The van der Waals surface area contributed by atoms with Crippen LogP contribution in [0.1, 0.15) is 39.2 Å². The van der Waals surface area contributed by atoms with Gasteiger partial charge >= 0.3 is 0 Å². The Morgan fingerprint density at radius 3 is 2.64 bits per heavy atom. The maximum absolute atomic E-state index is 12.4. The Hall–Kier alpha value is -2.18. The summed E-state index contributed by atoms with van der Waals surface area (Å²) < 4.78 is 0. The number of nitrogens with two attached hydrogens (primary N) is 1. The van der Waals surface area contributed by atoms with Crippen LogP contribution in [0.2, 0.25) is 0 Å². The minimum atomic E-state index is -0.452. The summed E-state index contributed by atoms with van der Waals surface area (Å²) in [7, 11) is 1.90. The summed E-state index contributed by atoms with van der Waals surface area (Å²) in [5.41, 5.74) is 8.27. The number of hydrogen-bond donors (Lipinski definition) is 2. The number of fused-ring (bicyclic) bond motifs is 1. The van der Waals surface area contributed by atoms with Gasteiger partial charge in [-0.3, -0.25) is 14.5 Å². The summed E-state index contributed by atoms with van der Waals surface area (Å²) in [5.74, 6) is -0.577. The monoisotopic (exact) mass is 357 g/mol. The summed E-state index contributed by atoms with van der Waals surface area (Å²) in [6.07, 6.45) is 4.02. The number of primary amides is 1. The Bertz CT molecular complexity index is 770. The molecule has 2 aromatic rings. The Balaban J connectivity index is 1.66. The molecule has 132 valence electrons. The molecule has 0 radical (unpaired) electrons. The van der Waals surface area contributed by atoms with Crippen LogP contribution in [-0.4, -0.2) is 30.3 Å². The molecule has 0 unspecified atom stereocenters. The predicted molar refractivity (Wildman–Crippen MR) is 101 cm³/mol. The number of hydrogen-bond acceptors (Lipinski definition) is 4. The van der Waals surface area contributed by atoms with Gasteiger partial charge in [-0.15, -0.1) is 11.3 Å². The first-order valence-electron chi connectivity index (χ1n) is 8.51. The van der Waals surface area contributed by atoms with Crippen molar-refractivity contribution in [3.8, 4) is 0 Å². The Labute approximate surface area is 151 Å². The highest BCUT2D eigenvalue weighted by molar-refractivity contribution is 7.17. The van der Waals surface area contributed by atoms with Gasteiger partial charge in [0.05, 0.1) is 12.1 Å². The van der Waals surface area contributed by atoms with Crippen molar-refractivity contribution < 1.29 is 9.59 Å². The molecule has 25 heavy (non-hydrogen) atoms. The van der Waals surface area contributed by atoms with E-state index in [1.807, 2.05) is 42.3 Å². The van der Waals surface area contributed by atoms with Crippen LogP contribution in [0.25, 0.3) is 0 Å². The molecule has 1 aliphatic carbocycles. The van der Waals surface area contributed by atoms with Crippen molar-refractivity contribution in [3.63, 3.8) is 0 Å². The van der Waals surface area contributed by atoms with Crippen molar-refractivity contribution in [1.82, 2.24) is 4.90 Å². The van der Waals surface area contributed by atoms with E-state index in [0.717, 1.165) is 36.8 Å². The fraction of sp³-hybridized carbons (Fsp3) is 0.368. The van der Waals surface area contributed by atoms with Crippen LogP contribution in [-0.2, 0) is 24.2 Å². The van der Waals surface area contributed by atoms with Crippen molar-refractivity contribution in [3.05, 3.63) is 51.9 Å². The van der Waals surface area contributed by atoms with E-state index >= 15 is 0 Å². The Morgan fingerprint density at radius 2 is 1.92 bits per heavy atom. The molecule has 3 N–H and O–H groups in total. The van der Waals surface area contributed by atoms with Gasteiger partial charge in [0, 0.05) is 11.4 Å². The summed E-state index contributed by atoms with van der Waals surface area (Å²) in [6.45, 7) is 0.952. The fourth-order valence-corrected chi connectivity index (χ4v) is 4.59. The lowest BCUT2D eigenvalue weighted by molar-refractivity contribution is -0.117. The number of benzene rings is 1. The number of rotatable bonds is 6. The molecule has 1 heterocycles. The van der Waals surface area contributed by atoms with E-state index in [2.05, 4.69) is 5.32 Å². The van der Waals surface area contributed by atoms with Crippen LogP contribution in [0.4, 0.5) is 5.00 Å². The normalized spacial score (nSPS) is 13.5. The lowest BCUT2D eigenvalue weighted by Crippen LogP contribution is -2.30. The molecule has 1 aromatic carbocycles. The summed E-state index contributed by atoms with van der Waals surface area (Å²) in [5, 5.41) is 3.51. The Kier molecular flexibility index (Phi) is 5.50. The van der Waals surface area contributed by atoms with Gasteiger partial charge < -0.3 is 11.1 Å². The van der Waals surface area contributed by atoms with Crippen molar-refractivity contribution >= 4 is 28.2 Å². The maximum atomic E-state index is 12.4. The van der Waals surface area contributed by atoms with E-state index in [9.17, 15) is 9.59 Å². The molecule has 1 aliphatic rings. The molecule has 0 aliphatic heterocycles. The van der Waals surface area contributed by atoms with Gasteiger partial charge in [-0.05, 0) is 43.9 Å². The quantitative estimate of drug-likeness (QED) is 0.835. The minimum Gasteiger partial charge on any atom is -0.365 e.